The van der Waals surface area contributed by atoms with E-state index in [1.54, 1.807) is 11.3 Å². The minimum Gasteiger partial charge on any atom is -0.396 e. The summed E-state index contributed by atoms with van der Waals surface area (Å²) in [6.07, 6.45) is 1.33. The van der Waals surface area contributed by atoms with E-state index in [1.807, 2.05) is 35.7 Å². The Morgan fingerprint density at radius 1 is 1.24 bits per heavy atom. The quantitative estimate of drug-likeness (QED) is 0.736. The van der Waals surface area contributed by atoms with Crippen LogP contribution in [0.5, 0.6) is 0 Å². The Labute approximate surface area is 128 Å². The molecule has 0 fully saturated rings. The Kier molecular flexibility index (Phi) is 6.24. The molecule has 21 heavy (non-hydrogen) atoms. The average Bonchev–Trinajstić information content (AvgIpc) is 3.01. The molecule has 0 saturated heterocycles. The van der Waals surface area contributed by atoms with E-state index in [2.05, 4.69) is 22.1 Å². The highest BCUT2D eigenvalue weighted by atomic mass is 32.1. The molecule has 0 aliphatic carbocycles. The molecule has 3 N–H and O–H groups in total. The summed E-state index contributed by atoms with van der Waals surface area (Å²) in [5.74, 6) is 0. The first-order valence-electron chi connectivity index (χ1n) is 7.01. The summed E-state index contributed by atoms with van der Waals surface area (Å²) >= 11 is 1.66. The third kappa shape index (κ3) is 5.21. The number of thiophene rings is 1. The van der Waals surface area contributed by atoms with E-state index in [4.69, 9.17) is 5.11 Å². The van der Waals surface area contributed by atoms with Crippen LogP contribution >= 0.6 is 11.3 Å². The zero-order chi connectivity index (χ0) is 14.9. The van der Waals surface area contributed by atoms with Gasteiger partial charge in [-0.05, 0) is 40.8 Å². The number of carbonyl (C=O) groups excluding carboxylic acids is 1. The number of hydrogen-bond acceptors (Lipinski definition) is 3. The number of rotatable bonds is 7. The predicted octanol–water partition coefficient (Wildman–Crippen LogP) is 2.71. The lowest BCUT2D eigenvalue weighted by Crippen LogP contribution is -2.39. The molecule has 1 aromatic carbocycles. The second-order valence-electron chi connectivity index (χ2n) is 4.76. The van der Waals surface area contributed by atoms with Gasteiger partial charge in [0.2, 0.25) is 0 Å². The molecule has 0 aliphatic heterocycles. The van der Waals surface area contributed by atoms with E-state index in [-0.39, 0.29) is 18.7 Å². The molecule has 0 aliphatic rings. The van der Waals surface area contributed by atoms with E-state index in [1.165, 1.54) is 5.56 Å². The smallest absolute Gasteiger partial charge is 0.315 e. The van der Waals surface area contributed by atoms with Crippen molar-refractivity contribution < 1.29 is 9.90 Å². The Morgan fingerprint density at radius 3 is 2.71 bits per heavy atom. The van der Waals surface area contributed by atoms with E-state index < -0.39 is 0 Å². The molecule has 0 radical (unpaired) electrons. The van der Waals surface area contributed by atoms with Crippen molar-refractivity contribution >= 4 is 17.4 Å². The van der Waals surface area contributed by atoms with E-state index in [0.29, 0.717) is 13.0 Å². The fraction of sp³-hybridized carbons (Fsp3) is 0.312. The van der Waals surface area contributed by atoms with Crippen LogP contribution in [0.2, 0.25) is 0 Å². The Balaban J connectivity index is 1.81. The second kappa shape index (κ2) is 8.44. The van der Waals surface area contributed by atoms with Gasteiger partial charge in [0, 0.05) is 13.2 Å². The van der Waals surface area contributed by atoms with Crippen LogP contribution in [0, 0.1) is 0 Å². The van der Waals surface area contributed by atoms with Crippen molar-refractivity contribution in [1.29, 1.82) is 0 Å². The van der Waals surface area contributed by atoms with Gasteiger partial charge in [-0.25, -0.2) is 4.79 Å². The van der Waals surface area contributed by atoms with Gasteiger partial charge >= 0.3 is 6.03 Å². The van der Waals surface area contributed by atoms with Gasteiger partial charge in [0.25, 0.3) is 0 Å². The van der Waals surface area contributed by atoms with Crippen LogP contribution in [-0.4, -0.2) is 24.3 Å². The Morgan fingerprint density at radius 2 is 2.05 bits per heavy atom. The summed E-state index contributed by atoms with van der Waals surface area (Å²) in [7, 11) is 0. The topological polar surface area (TPSA) is 61.4 Å². The average molecular weight is 304 g/mol. The first-order valence-corrected chi connectivity index (χ1v) is 7.95. The fourth-order valence-corrected chi connectivity index (χ4v) is 2.80. The van der Waals surface area contributed by atoms with Crippen molar-refractivity contribution in [2.24, 2.45) is 0 Å². The maximum absolute atomic E-state index is 11.9. The van der Waals surface area contributed by atoms with Gasteiger partial charge in [0.05, 0.1) is 6.04 Å². The van der Waals surface area contributed by atoms with Gasteiger partial charge in [0.1, 0.15) is 0 Å². The number of carbonyl (C=O) groups is 1. The van der Waals surface area contributed by atoms with Crippen LogP contribution < -0.4 is 10.6 Å². The molecular weight excluding hydrogens is 284 g/mol. The summed E-state index contributed by atoms with van der Waals surface area (Å²) in [4.78, 5) is 11.9. The van der Waals surface area contributed by atoms with Crippen molar-refractivity contribution in [2.45, 2.75) is 18.9 Å². The van der Waals surface area contributed by atoms with E-state index in [0.717, 1.165) is 12.0 Å². The number of amides is 2. The van der Waals surface area contributed by atoms with Gasteiger partial charge in [-0.15, -0.1) is 0 Å². The highest BCUT2D eigenvalue weighted by Gasteiger charge is 2.13. The highest BCUT2D eigenvalue weighted by Crippen LogP contribution is 2.15. The summed E-state index contributed by atoms with van der Waals surface area (Å²) in [5.41, 5.74) is 2.23. The summed E-state index contributed by atoms with van der Waals surface area (Å²) < 4.78 is 0. The molecule has 2 aromatic rings. The highest BCUT2D eigenvalue weighted by molar-refractivity contribution is 7.07. The lowest BCUT2D eigenvalue weighted by atomic mass is 10.0. The number of aliphatic hydroxyl groups is 1. The summed E-state index contributed by atoms with van der Waals surface area (Å²) in [6.45, 7) is 0.637. The van der Waals surface area contributed by atoms with Gasteiger partial charge in [-0.3, -0.25) is 0 Å². The largest absolute Gasteiger partial charge is 0.396 e. The molecule has 1 aromatic heterocycles. The molecule has 2 rings (SSSR count). The first-order chi connectivity index (χ1) is 10.3. The lowest BCUT2D eigenvalue weighted by Gasteiger charge is -2.18. The number of urea groups is 1. The zero-order valence-corrected chi connectivity index (χ0v) is 12.6. The summed E-state index contributed by atoms with van der Waals surface area (Å²) in [5, 5.41) is 19.0. The zero-order valence-electron chi connectivity index (χ0n) is 11.8. The molecule has 0 bridgehead atoms. The molecule has 1 atom stereocenters. The predicted molar refractivity (Wildman–Crippen MR) is 85.4 cm³/mol. The van der Waals surface area contributed by atoms with Gasteiger partial charge < -0.3 is 15.7 Å². The molecule has 0 spiro atoms. The molecular formula is C16H20N2O2S. The monoisotopic (exact) mass is 304 g/mol. The molecule has 1 heterocycles. The van der Waals surface area contributed by atoms with Crippen molar-refractivity contribution in [3.8, 4) is 0 Å². The molecule has 112 valence electrons. The molecule has 0 saturated carbocycles. The maximum atomic E-state index is 11.9. The number of benzene rings is 1. The number of hydrogen-bond donors (Lipinski definition) is 3. The van der Waals surface area contributed by atoms with Gasteiger partial charge in [-0.2, -0.15) is 11.3 Å². The van der Waals surface area contributed by atoms with Crippen molar-refractivity contribution in [1.82, 2.24) is 10.6 Å². The number of aliphatic hydroxyl groups excluding tert-OH is 1. The Bertz CT molecular complexity index is 528. The van der Waals surface area contributed by atoms with Crippen LogP contribution in [-0.2, 0) is 6.42 Å². The van der Waals surface area contributed by atoms with Gasteiger partial charge in [0.15, 0.2) is 0 Å². The fourth-order valence-electron chi connectivity index (χ4n) is 2.10. The molecule has 4 nitrogen and oxygen atoms in total. The SMILES string of the molecule is O=C(NCCc1ccsc1)N[C@H](CCO)c1ccccc1. The standard InChI is InChI=1S/C16H20N2O2S/c19-10-7-15(14-4-2-1-3-5-14)18-16(20)17-9-6-13-8-11-21-12-13/h1-5,8,11-12,15,19H,6-7,9-10H2,(H2,17,18,20)/t15-/m1/s1. The van der Waals surface area contributed by atoms with Crippen LogP contribution in [0.1, 0.15) is 23.6 Å². The van der Waals surface area contributed by atoms with Crippen molar-refractivity contribution in [3.63, 3.8) is 0 Å². The Hall–Kier alpha value is -1.85. The van der Waals surface area contributed by atoms with Crippen molar-refractivity contribution in [3.05, 3.63) is 58.3 Å². The van der Waals surface area contributed by atoms with Crippen LogP contribution in [0.4, 0.5) is 4.79 Å². The third-order valence-electron chi connectivity index (χ3n) is 3.20. The normalized spacial score (nSPS) is 11.9. The van der Waals surface area contributed by atoms with Crippen molar-refractivity contribution in [2.75, 3.05) is 13.2 Å². The molecule has 5 heteroatoms. The lowest BCUT2D eigenvalue weighted by molar-refractivity contribution is 0.229. The molecule has 2 amide bonds. The van der Waals surface area contributed by atoms with Crippen LogP contribution in [0.25, 0.3) is 0 Å². The number of nitrogens with one attached hydrogen (secondary N) is 2. The van der Waals surface area contributed by atoms with Crippen LogP contribution in [0.15, 0.2) is 47.2 Å². The van der Waals surface area contributed by atoms with E-state index >= 15 is 0 Å². The van der Waals surface area contributed by atoms with E-state index in [9.17, 15) is 4.79 Å². The molecule has 0 unspecified atom stereocenters. The second-order valence-corrected chi connectivity index (χ2v) is 5.54. The van der Waals surface area contributed by atoms with Crippen LogP contribution in [0.3, 0.4) is 0 Å². The minimum atomic E-state index is -0.201. The third-order valence-corrected chi connectivity index (χ3v) is 3.94. The first kappa shape index (κ1) is 15.5. The maximum Gasteiger partial charge on any atom is 0.315 e. The minimum absolute atomic E-state index is 0.0365. The summed E-state index contributed by atoms with van der Waals surface area (Å²) in [6, 6.07) is 11.4. The van der Waals surface area contributed by atoms with Gasteiger partial charge in [-0.1, -0.05) is 30.3 Å².